The minimum atomic E-state index is -5.21. The van der Waals surface area contributed by atoms with Gasteiger partial charge in [-0.15, -0.1) is 5.54 Å². The summed E-state index contributed by atoms with van der Waals surface area (Å²) in [7, 11) is -6.90. The summed E-state index contributed by atoms with van der Waals surface area (Å²) in [5.41, 5.74) is 2.73. The fraction of sp³-hybridized carbons (Fsp3) is 0.438. The van der Waals surface area contributed by atoms with E-state index in [4.69, 9.17) is 4.74 Å². The SMILES string of the molecule is CC(C)(C)OC(=O)c1cc(C#C[Si](C)(C)C)cc(OS(=O)(=O)F)c1. The van der Waals surface area contributed by atoms with E-state index in [2.05, 4.69) is 15.6 Å². The quantitative estimate of drug-likeness (QED) is 0.352. The second-order valence-corrected chi connectivity index (χ2v) is 12.9. The number of benzene rings is 1. The second kappa shape index (κ2) is 6.95. The van der Waals surface area contributed by atoms with Gasteiger partial charge in [-0.05, 0) is 39.0 Å². The summed E-state index contributed by atoms with van der Waals surface area (Å²) >= 11 is 0. The molecule has 0 radical (unpaired) electrons. The molecule has 0 unspecified atom stereocenters. The molecule has 0 heterocycles. The molecule has 0 saturated heterocycles. The van der Waals surface area contributed by atoms with Gasteiger partial charge in [0.1, 0.15) is 19.4 Å². The van der Waals surface area contributed by atoms with E-state index in [0.29, 0.717) is 5.56 Å². The summed E-state index contributed by atoms with van der Waals surface area (Å²) in [6.07, 6.45) is 0. The lowest BCUT2D eigenvalue weighted by Gasteiger charge is -2.19. The van der Waals surface area contributed by atoms with Gasteiger partial charge in [0.25, 0.3) is 0 Å². The molecular weight excluding hydrogens is 351 g/mol. The van der Waals surface area contributed by atoms with Crippen molar-refractivity contribution in [3.8, 4) is 17.2 Å². The zero-order valence-corrected chi connectivity index (χ0v) is 16.4. The highest BCUT2D eigenvalue weighted by molar-refractivity contribution is 7.81. The van der Waals surface area contributed by atoms with Crippen LogP contribution < -0.4 is 4.18 Å². The van der Waals surface area contributed by atoms with Crippen molar-refractivity contribution in [2.24, 2.45) is 0 Å². The highest BCUT2D eigenvalue weighted by atomic mass is 32.3. The number of hydrogen-bond acceptors (Lipinski definition) is 5. The van der Waals surface area contributed by atoms with Crippen LogP contribution in [0, 0.1) is 11.5 Å². The van der Waals surface area contributed by atoms with Crippen LogP contribution in [-0.2, 0) is 15.2 Å². The molecule has 24 heavy (non-hydrogen) atoms. The van der Waals surface area contributed by atoms with Gasteiger partial charge in [-0.25, -0.2) is 4.79 Å². The summed E-state index contributed by atoms with van der Waals surface area (Å²) in [5.74, 6) is 1.86. The standard InChI is InChI=1S/C16H21FO5SSi/c1-16(2,3)21-15(18)13-9-12(7-8-24(4,5)6)10-14(11-13)22-23(17,19)20/h9-11H,1-6H3. The molecule has 0 aliphatic rings. The maximum atomic E-state index is 12.8. The molecule has 0 aliphatic carbocycles. The van der Waals surface area contributed by atoms with Crippen molar-refractivity contribution >= 4 is 24.5 Å². The number of halogens is 1. The Morgan fingerprint density at radius 1 is 1.17 bits per heavy atom. The molecule has 0 aromatic heterocycles. The van der Waals surface area contributed by atoms with E-state index < -0.39 is 30.1 Å². The number of carbonyl (C=O) groups excluding carboxylic acids is 1. The minimum Gasteiger partial charge on any atom is -0.456 e. The van der Waals surface area contributed by atoms with Crippen LogP contribution in [0.1, 0.15) is 36.7 Å². The highest BCUT2D eigenvalue weighted by Crippen LogP contribution is 2.21. The Balaban J connectivity index is 3.34. The highest BCUT2D eigenvalue weighted by Gasteiger charge is 2.20. The molecule has 0 N–H and O–H groups in total. The average Bonchev–Trinajstić information content (AvgIpc) is 2.31. The van der Waals surface area contributed by atoms with E-state index in [-0.39, 0.29) is 11.3 Å². The first-order valence-corrected chi connectivity index (χ1v) is 12.0. The monoisotopic (exact) mass is 372 g/mol. The van der Waals surface area contributed by atoms with Gasteiger partial charge < -0.3 is 8.92 Å². The Hall–Kier alpha value is -1.85. The minimum absolute atomic E-state index is 0.0333. The first-order valence-electron chi connectivity index (χ1n) is 7.20. The fourth-order valence-corrected chi connectivity index (χ4v) is 2.39. The molecule has 132 valence electrons. The molecule has 5 nitrogen and oxygen atoms in total. The molecule has 0 saturated carbocycles. The van der Waals surface area contributed by atoms with E-state index in [0.717, 1.165) is 6.07 Å². The lowest BCUT2D eigenvalue weighted by atomic mass is 10.1. The van der Waals surface area contributed by atoms with E-state index in [1.807, 2.05) is 19.6 Å². The first-order chi connectivity index (χ1) is 10.6. The van der Waals surface area contributed by atoms with Crippen LogP contribution in [0.4, 0.5) is 3.89 Å². The number of esters is 1. The molecule has 0 amide bonds. The zero-order chi connectivity index (χ0) is 18.8. The lowest BCUT2D eigenvalue weighted by molar-refractivity contribution is 0.00691. The van der Waals surface area contributed by atoms with E-state index >= 15 is 0 Å². The van der Waals surface area contributed by atoms with Crippen molar-refractivity contribution in [1.29, 1.82) is 0 Å². The van der Waals surface area contributed by atoms with E-state index in [1.54, 1.807) is 20.8 Å². The maximum absolute atomic E-state index is 12.8. The van der Waals surface area contributed by atoms with Crippen LogP contribution >= 0.6 is 0 Å². The summed E-state index contributed by atoms with van der Waals surface area (Å²) in [5, 5.41) is 0. The predicted octanol–water partition coefficient (Wildman–Crippen LogP) is 3.46. The van der Waals surface area contributed by atoms with Gasteiger partial charge in [-0.2, -0.15) is 8.42 Å². The van der Waals surface area contributed by atoms with Crippen LogP contribution in [-0.4, -0.2) is 28.1 Å². The lowest BCUT2D eigenvalue weighted by Crippen LogP contribution is -2.24. The van der Waals surface area contributed by atoms with Crippen molar-refractivity contribution in [3.63, 3.8) is 0 Å². The zero-order valence-electron chi connectivity index (χ0n) is 14.6. The molecular formula is C16H21FO5SSi. The number of hydrogen-bond donors (Lipinski definition) is 0. The topological polar surface area (TPSA) is 69.7 Å². The van der Waals surface area contributed by atoms with Crippen LogP contribution in [0.5, 0.6) is 5.75 Å². The van der Waals surface area contributed by atoms with Gasteiger partial charge in [0.05, 0.1) is 5.56 Å². The van der Waals surface area contributed by atoms with Gasteiger partial charge >= 0.3 is 16.5 Å². The van der Waals surface area contributed by atoms with Crippen LogP contribution in [0.3, 0.4) is 0 Å². The fourth-order valence-electron chi connectivity index (χ4n) is 1.55. The van der Waals surface area contributed by atoms with Crippen LogP contribution in [0.2, 0.25) is 19.6 Å². The Morgan fingerprint density at radius 2 is 1.75 bits per heavy atom. The van der Waals surface area contributed by atoms with Crippen molar-refractivity contribution in [3.05, 3.63) is 29.3 Å². The molecule has 1 aromatic carbocycles. The molecule has 1 rings (SSSR count). The Kier molecular flexibility index (Phi) is 5.85. The molecule has 8 heteroatoms. The molecule has 0 aliphatic heterocycles. The third-order valence-corrected chi connectivity index (χ3v) is 3.59. The van der Waals surface area contributed by atoms with Crippen molar-refractivity contribution in [1.82, 2.24) is 0 Å². The third-order valence-electron chi connectivity index (χ3n) is 2.32. The summed E-state index contributed by atoms with van der Waals surface area (Å²) in [6, 6.07) is 3.82. The van der Waals surface area contributed by atoms with Gasteiger partial charge in [-0.1, -0.05) is 29.4 Å². The van der Waals surface area contributed by atoms with Gasteiger partial charge in [-0.3, -0.25) is 0 Å². The van der Waals surface area contributed by atoms with Crippen molar-refractivity contribution < 1.29 is 26.0 Å². The van der Waals surface area contributed by atoms with E-state index in [9.17, 15) is 17.1 Å². The Bertz CT molecular complexity index is 792. The van der Waals surface area contributed by atoms with Crippen LogP contribution in [0.25, 0.3) is 0 Å². The number of carbonyl (C=O) groups is 1. The maximum Gasteiger partial charge on any atom is 0.488 e. The van der Waals surface area contributed by atoms with Crippen molar-refractivity contribution in [2.75, 3.05) is 0 Å². The Labute approximate surface area is 143 Å². The van der Waals surface area contributed by atoms with E-state index in [1.165, 1.54) is 12.1 Å². The summed E-state index contributed by atoms with van der Waals surface area (Å²) < 4.78 is 43.7. The first kappa shape index (κ1) is 20.2. The molecule has 0 atom stereocenters. The smallest absolute Gasteiger partial charge is 0.456 e. The number of rotatable bonds is 3. The predicted molar refractivity (Wildman–Crippen MR) is 92.5 cm³/mol. The summed E-state index contributed by atoms with van der Waals surface area (Å²) in [4.78, 5) is 12.2. The third kappa shape index (κ3) is 8.13. The Morgan fingerprint density at radius 3 is 2.21 bits per heavy atom. The second-order valence-electron chi connectivity index (χ2n) is 7.22. The molecule has 0 spiro atoms. The van der Waals surface area contributed by atoms with Gasteiger partial charge in [0, 0.05) is 5.56 Å². The molecule has 0 bridgehead atoms. The normalized spacial score (nSPS) is 12.1. The molecule has 1 aromatic rings. The number of ether oxygens (including phenoxy) is 1. The average molecular weight is 372 g/mol. The van der Waals surface area contributed by atoms with Crippen molar-refractivity contribution in [2.45, 2.75) is 46.0 Å². The van der Waals surface area contributed by atoms with Gasteiger partial charge in [0.2, 0.25) is 0 Å². The largest absolute Gasteiger partial charge is 0.488 e. The summed E-state index contributed by atoms with van der Waals surface area (Å²) in [6.45, 7) is 11.2. The van der Waals surface area contributed by atoms with Gasteiger partial charge in [0.15, 0.2) is 0 Å². The van der Waals surface area contributed by atoms with Crippen LogP contribution in [0.15, 0.2) is 18.2 Å². The molecule has 0 fully saturated rings.